The topological polar surface area (TPSA) is 54.0 Å². The quantitative estimate of drug-likeness (QED) is 0.499. The predicted molar refractivity (Wildman–Crippen MR) is 132 cm³/mol. The maximum absolute atomic E-state index is 12.8. The van der Waals surface area contributed by atoms with Gasteiger partial charge in [0.15, 0.2) is 0 Å². The van der Waals surface area contributed by atoms with E-state index < -0.39 is 0 Å². The van der Waals surface area contributed by atoms with Crippen LogP contribution in [-0.4, -0.2) is 50.3 Å². The van der Waals surface area contributed by atoms with Crippen LogP contribution in [0.2, 0.25) is 0 Å². The Morgan fingerprint density at radius 3 is 2.45 bits per heavy atom. The van der Waals surface area contributed by atoms with Crippen molar-refractivity contribution in [3.8, 4) is 5.75 Å². The minimum Gasteiger partial charge on any atom is -0.491 e. The highest BCUT2D eigenvalue weighted by atomic mass is 16.5. The molecule has 3 aromatic rings. The second kappa shape index (κ2) is 11.4. The minimum absolute atomic E-state index is 0.0618. The van der Waals surface area contributed by atoms with Gasteiger partial charge in [0.05, 0.1) is 13.2 Å². The van der Waals surface area contributed by atoms with E-state index >= 15 is 0 Å². The van der Waals surface area contributed by atoms with E-state index in [-0.39, 0.29) is 6.03 Å². The van der Waals surface area contributed by atoms with Crippen molar-refractivity contribution in [1.29, 1.82) is 0 Å². The van der Waals surface area contributed by atoms with Crippen molar-refractivity contribution in [2.75, 3.05) is 49.6 Å². The van der Waals surface area contributed by atoms with Gasteiger partial charge in [0.1, 0.15) is 12.4 Å². The molecule has 1 heterocycles. The van der Waals surface area contributed by atoms with Crippen molar-refractivity contribution >= 4 is 17.4 Å². The van der Waals surface area contributed by atoms with Crippen LogP contribution in [0.1, 0.15) is 11.1 Å². The van der Waals surface area contributed by atoms with Crippen LogP contribution in [0.4, 0.5) is 16.2 Å². The molecule has 0 spiro atoms. The summed E-state index contributed by atoms with van der Waals surface area (Å²) in [5, 5.41) is 3.03. The second-order valence-electron chi connectivity index (χ2n) is 8.16. The number of rotatable bonds is 8. The zero-order valence-corrected chi connectivity index (χ0v) is 19.1. The first kappa shape index (κ1) is 22.7. The zero-order valence-electron chi connectivity index (χ0n) is 19.1. The Balaban J connectivity index is 1.20. The summed E-state index contributed by atoms with van der Waals surface area (Å²) in [7, 11) is 0. The van der Waals surface area contributed by atoms with E-state index in [1.54, 1.807) is 0 Å². The van der Waals surface area contributed by atoms with E-state index in [9.17, 15) is 4.79 Å². The fraction of sp³-hybridized carbons (Fsp3) is 0.296. The third-order valence-corrected chi connectivity index (χ3v) is 5.62. The van der Waals surface area contributed by atoms with Crippen molar-refractivity contribution in [3.05, 3.63) is 90.0 Å². The highest BCUT2D eigenvalue weighted by Crippen LogP contribution is 2.19. The van der Waals surface area contributed by atoms with Crippen LogP contribution in [-0.2, 0) is 11.3 Å². The Kier molecular flexibility index (Phi) is 7.82. The molecule has 1 N–H and O–H groups in total. The normalized spacial score (nSPS) is 13.6. The van der Waals surface area contributed by atoms with E-state index in [0.29, 0.717) is 32.9 Å². The van der Waals surface area contributed by atoms with Crippen LogP contribution in [0, 0.1) is 6.92 Å². The largest absolute Gasteiger partial charge is 0.491 e. The number of carbonyl (C=O) groups excluding carboxylic acids is 1. The van der Waals surface area contributed by atoms with E-state index in [1.807, 2.05) is 59.5 Å². The lowest BCUT2D eigenvalue weighted by atomic mass is 10.2. The number of hydrogen-bond acceptors (Lipinski definition) is 4. The Bertz CT molecular complexity index is 1030. The number of nitrogens with one attached hydrogen (secondary N) is 1. The number of carbonyl (C=O) groups is 1. The number of aryl methyl sites for hydroxylation is 1. The molecule has 0 aliphatic carbocycles. The van der Waals surface area contributed by atoms with Gasteiger partial charge in [-0.3, -0.25) is 0 Å². The van der Waals surface area contributed by atoms with Crippen molar-refractivity contribution in [3.63, 3.8) is 0 Å². The highest BCUT2D eigenvalue weighted by molar-refractivity contribution is 5.89. The van der Waals surface area contributed by atoms with E-state index in [2.05, 4.69) is 41.4 Å². The average molecular weight is 446 g/mol. The van der Waals surface area contributed by atoms with Crippen molar-refractivity contribution < 1.29 is 14.3 Å². The number of piperazine rings is 1. The van der Waals surface area contributed by atoms with Gasteiger partial charge in [0.25, 0.3) is 0 Å². The van der Waals surface area contributed by atoms with Crippen LogP contribution in [0.3, 0.4) is 0 Å². The lowest BCUT2D eigenvalue weighted by Gasteiger charge is -2.36. The molecule has 1 aliphatic rings. The van der Waals surface area contributed by atoms with E-state index in [1.165, 1.54) is 11.3 Å². The number of para-hydroxylation sites is 1. The number of amides is 2. The summed E-state index contributed by atoms with van der Waals surface area (Å²) in [6.45, 7) is 6.62. The average Bonchev–Trinajstić information content (AvgIpc) is 2.85. The third kappa shape index (κ3) is 6.73. The molecule has 0 radical (unpaired) electrons. The maximum atomic E-state index is 12.8. The second-order valence-corrected chi connectivity index (χ2v) is 8.16. The molecule has 0 saturated carbocycles. The smallest absolute Gasteiger partial charge is 0.321 e. The SMILES string of the molecule is Cc1cccc(N2CCN(C(=O)Nc3cccc(COCCOc4ccccc4)c3)CC2)c1. The van der Waals surface area contributed by atoms with Crippen molar-refractivity contribution in [2.45, 2.75) is 13.5 Å². The fourth-order valence-corrected chi connectivity index (χ4v) is 3.86. The third-order valence-electron chi connectivity index (χ3n) is 5.62. The summed E-state index contributed by atoms with van der Waals surface area (Å²) in [6.07, 6.45) is 0. The lowest BCUT2D eigenvalue weighted by Crippen LogP contribution is -2.50. The van der Waals surface area contributed by atoms with Crippen LogP contribution >= 0.6 is 0 Å². The maximum Gasteiger partial charge on any atom is 0.321 e. The van der Waals surface area contributed by atoms with Gasteiger partial charge in [-0.05, 0) is 54.4 Å². The molecule has 0 bridgehead atoms. The van der Waals surface area contributed by atoms with Crippen LogP contribution in [0.25, 0.3) is 0 Å². The Labute approximate surface area is 195 Å². The van der Waals surface area contributed by atoms with Crippen molar-refractivity contribution in [1.82, 2.24) is 4.90 Å². The number of urea groups is 1. The van der Waals surface area contributed by atoms with Gasteiger partial charge in [-0.15, -0.1) is 0 Å². The molecular formula is C27H31N3O3. The summed E-state index contributed by atoms with van der Waals surface area (Å²) in [5.41, 5.74) is 4.26. The molecule has 0 unspecified atom stereocenters. The van der Waals surface area contributed by atoms with E-state index in [4.69, 9.17) is 9.47 Å². The molecule has 6 nitrogen and oxygen atoms in total. The Hall–Kier alpha value is -3.51. The first-order chi connectivity index (χ1) is 16.2. The molecule has 0 atom stereocenters. The molecule has 0 aromatic heterocycles. The van der Waals surface area contributed by atoms with Crippen LogP contribution < -0.4 is 15.0 Å². The van der Waals surface area contributed by atoms with Crippen LogP contribution in [0.15, 0.2) is 78.9 Å². The number of benzene rings is 3. The van der Waals surface area contributed by atoms with Gasteiger partial charge in [-0.25, -0.2) is 4.79 Å². The Morgan fingerprint density at radius 1 is 0.879 bits per heavy atom. The molecule has 2 amide bonds. The summed E-state index contributed by atoms with van der Waals surface area (Å²) in [4.78, 5) is 17.0. The minimum atomic E-state index is -0.0618. The van der Waals surface area contributed by atoms with Gasteiger partial charge in [-0.2, -0.15) is 0 Å². The first-order valence-electron chi connectivity index (χ1n) is 11.4. The first-order valence-corrected chi connectivity index (χ1v) is 11.4. The summed E-state index contributed by atoms with van der Waals surface area (Å²) >= 11 is 0. The van der Waals surface area contributed by atoms with Crippen molar-refractivity contribution in [2.24, 2.45) is 0 Å². The number of nitrogens with zero attached hydrogens (tertiary/aromatic N) is 2. The highest BCUT2D eigenvalue weighted by Gasteiger charge is 2.21. The number of hydrogen-bond donors (Lipinski definition) is 1. The molecule has 33 heavy (non-hydrogen) atoms. The summed E-state index contributed by atoms with van der Waals surface area (Å²) in [5.74, 6) is 0.838. The van der Waals surface area contributed by atoms with Gasteiger partial charge >= 0.3 is 6.03 Å². The molecule has 1 saturated heterocycles. The van der Waals surface area contributed by atoms with Gasteiger partial charge in [0, 0.05) is 37.6 Å². The number of ether oxygens (including phenoxy) is 2. The molecular weight excluding hydrogens is 414 g/mol. The van der Waals surface area contributed by atoms with Gasteiger partial charge < -0.3 is 24.6 Å². The van der Waals surface area contributed by atoms with Crippen LogP contribution in [0.5, 0.6) is 5.75 Å². The fourth-order valence-electron chi connectivity index (χ4n) is 3.86. The van der Waals surface area contributed by atoms with E-state index in [0.717, 1.165) is 30.1 Å². The van der Waals surface area contributed by atoms with Gasteiger partial charge in [-0.1, -0.05) is 42.5 Å². The lowest BCUT2D eigenvalue weighted by molar-refractivity contribution is 0.0889. The molecule has 6 heteroatoms. The zero-order chi connectivity index (χ0) is 22.9. The number of anilines is 2. The van der Waals surface area contributed by atoms with Gasteiger partial charge in [0.2, 0.25) is 0 Å². The molecule has 3 aromatic carbocycles. The summed E-state index contributed by atoms with van der Waals surface area (Å²) in [6, 6.07) is 25.9. The predicted octanol–water partition coefficient (Wildman–Crippen LogP) is 4.94. The Morgan fingerprint density at radius 2 is 1.67 bits per heavy atom. The standard InChI is InChI=1S/C27H31N3O3/c1-22-7-5-10-25(19-22)29-13-15-30(16-14-29)27(31)28-24-9-6-8-23(20-24)21-32-17-18-33-26-11-3-2-4-12-26/h2-12,19-20H,13-18,21H2,1H3,(H,28,31). The molecule has 4 rings (SSSR count). The molecule has 1 fully saturated rings. The summed E-state index contributed by atoms with van der Waals surface area (Å²) < 4.78 is 11.4. The monoisotopic (exact) mass is 445 g/mol. The molecule has 1 aliphatic heterocycles. The molecule has 172 valence electrons.